The van der Waals surface area contributed by atoms with Crippen LogP contribution in [0.3, 0.4) is 0 Å². The highest BCUT2D eigenvalue weighted by molar-refractivity contribution is 5.90. The van der Waals surface area contributed by atoms with E-state index in [1.807, 2.05) is 13.8 Å². The van der Waals surface area contributed by atoms with E-state index in [0.717, 1.165) is 0 Å². The molecule has 17 heavy (non-hydrogen) atoms. The Morgan fingerprint density at radius 1 is 1.29 bits per heavy atom. The molecule has 1 rings (SSSR count). The van der Waals surface area contributed by atoms with Crippen LogP contribution in [0, 0.1) is 5.92 Å². The van der Waals surface area contributed by atoms with Crippen molar-refractivity contribution >= 4 is 11.6 Å². The lowest BCUT2D eigenvalue weighted by Gasteiger charge is -2.08. The van der Waals surface area contributed by atoms with Crippen LogP contribution in [-0.4, -0.2) is 12.5 Å². The molecule has 1 N–H and O–H groups in total. The second-order valence-corrected chi connectivity index (χ2v) is 4.05. The van der Waals surface area contributed by atoms with Crippen molar-refractivity contribution in [1.29, 1.82) is 0 Å². The molecule has 0 heterocycles. The van der Waals surface area contributed by atoms with E-state index in [2.05, 4.69) is 10.1 Å². The van der Waals surface area contributed by atoms with Gasteiger partial charge < -0.3 is 10.1 Å². The third kappa shape index (κ3) is 5.29. The largest absolute Gasteiger partial charge is 0.435 e. The van der Waals surface area contributed by atoms with Crippen LogP contribution in [0.5, 0.6) is 5.75 Å². The molecule has 0 aromatic heterocycles. The summed E-state index contributed by atoms with van der Waals surface area (Å²) in [6.45, 7) is 1.05. The van der Waals surface area contributed by atoms with E-state index < -0.39 is 6.61 Å². The van der Waals surface area contributed by atoms with Gasteiger partial charge in [-0.25, -0.2) is 0 Å². The molecule has 0 saturated carbocycles. The van der Waals surface area contributed by atoms with Crippen molar-refractivity contribution in [3.05, 3.63) is 24.3 Å². The number of anilines is 1. The van der Waals surface area contributed by atoms with Crippen molar-refractivity contribution < 1.29 is 18.3 Å². The molecule has 3 nitrogen and oxygen atoms in total. The minimum atomic E-state index is -2.84. The monoisotopic (exact) mass is 243 g/mol. The number of carbonyl (C=O) groups is 1. The Morgan fingerprint density at radius 3 is 2.35 bits per heavy atom. The number of rotatable bonds is 5. The van der Waals surface area contributed by atoms with Crippen LogP contribution < -0.4 is 10.1 Å². The molecule has 94 valence electrons. The summed E-state index contributed by atoms with van der Waals surface area (Å²) < 4.78 is 28.0. The highest BCUT2D eigenvalue weighted by atomic mass is 19.3. The first-order chi connectivity index (χ1) is 7.97. The Kier molecular flexibility index (Phi) is 4.87. The first kappa shape index (κ1) is 13.4. The van der Waals surface area contributed by atoms with Gasteiger partial charge in [0, 0.05) is 12.1 Å². The van der Waals surface area contributed by atoms with Gasteiger partial charge in [-0.05, 0) is 30.2 Å². The lowest BCUT2D eigenvalue weighted by molar-refractivity contribution is -0.116. The van der Waals surface area contributed by atoms with Gasteiger partial charge in [0.05, 0.1) is 0 Å². The lowest BCUT2D eigenvalue weighted by atomic mass is 10.1. The molecule has 1 amide bonds. The molecule has 0 fully saturated rings. The fourth-order valence-corrected chi connectivity index (χ4v) is 1.30. The van der Waals surface area contributed by atoms with Crippen LogP contribution in [0.1, 0.15) is 20.3 Å². The molecule has 0 unspecified atom stereocenters. The van der Waals surface area contributed by atoms with E-state index in [0.29, 0.717) is 12.1 Å². The predicted octanol–water partition coefficient (Wildman–Crippen LogP) is 3.27. The number of carbonyl (C=O) groups excluding carboxylic acids is 1. The van der Waals surface area contributed by atoms with Crippen LogP contribution >= 0.6 is 0 Å². The van der Waals surface area contributed by atoms with Gasteiger partial charge in [0.25, 0.3) is 0 Å². The highest BCUT2D eigenvalue weighted by Crippen LogP contribution is 2.18. The fourth-order valence-electron chi connectivity index (χ4n) is 1.30. The van der Waals surface area contributed by atoms with Crippen LogP contribution in [0.15, 0.2) is 24.3 Å². The van der Waals surface area contributed by atoms with Gasteiger partial charge in [0.15, 0.2) is 0 Å². The van der Waals surface area contributed by atoms with E-state index in [-0.39, 0.29) is 17.6 Å². The zero-order valence-electron chi connectivity index (χ0n) is 9.74. The van der Waals surface area contributed by atoms with Crippen LogP contribution in [0.4, 0.5) is 14.5 Å². The number of alkyl halides is 2. The molecule has 0 aliphatic rings. The molecule has 1 aromatic rings. The number of hydrogen-bond donors (Lipinski definition) is 1. The molecule has 0 spiro atoms. The minimum absolute atomic E-state index is 0.0712. The molecule has 0 aliphatic heterocycles. The second kappa shape index (κ2) is 6.18. The smallest absolute Gasteiger partial charge is 0.387 e. The van der Waals surface area contributed by atoms with E-state index in [1.165, 1.54) is 24.3 Å². The van der Waals surface area contributed by atoms with Crippen molar-refractivity contribution in [3.8, 4) is 5.75 Å². The Labute approximate surface area is 98.8 Å². The molecule has 0 saturated heterocycles. The van der Waals surface area contributed by atoms with Crippen LogP contribution in [-0.2, 0) is 4.79 Å². The quantitative estimate of drug-likeness (QED) is 0.861. The Bertz CT molecular complexity index is 363. The number of hydrogen-bond acceptors (Lipinski definition) is 2. The number of halogens is 2. The molecular weight excluding hydrogens is 228 g/mol. The average molecular weight is 243 g/mol. The zero-order valence-corrected chi connectivity index (χ0v) is 9.74. The molecule has 0 aliphatic carbocycles. The van der Waals surface area contributed by atoms with E-state index in [1.54, 1.807) is 0 Å². The summed E-state index contributed by atoms with van der Waals surface area (Å²) in [6.07, 6.45) is 0.426. The Hall–Kier alpha value is -1.65. The van der Waals surface area contributed by atoms with Crippen LogP contribution in [0.25, 0.3) is 0 Å². The first-order valence-corrected chi connectivity index (χ1v) is 5.32. The third-order valence-electron chi connectivity index (χ3n) is 1.96. The van der Waals surface area contributed by atoms with Crippen LogP contribution in [0.2, 0.25) is 0 Å². The van der Waals surface area contributed by atoms with Crippen molar-refractivity contribution in [2.24, 2.45) is 5.92 Å². The summed E-state index contributed by atoms with van der Waals surface area (Å²) in [7, 11) is 0. The maximum atomic E-state index is 11.9. The minimum Gasteiger partial charge on any atom is -0.435 e. The third-order valence-corrected chi connectivity index (χ3v) is 1.96. The summed E-state index contributed by atoms with van der Waals surface area (Å²) in [5.41, 5.74) is 0.567. The number of ether oxygens (including phenoxy) is 1. The topological polar surface area (TPSA) is 38.3 Å². The van der Waals surface area contributed by atoms with Gasteiger partial charge in [-0.2, -0.15) is 8.78 Å². The summed E-state index contributed by atoms with van der Waals surface area (Å²) in [6, 6.07) is 5.82. The summed E-state index contributed by atoms with van der Waals surface area (Å²) in [4.78, 5) is 11.4. The van der Waals surface area contributed by atoms with Crippen molar-refractivity contribution in [2.45, 2.75) is 26.9 Å². The van der Waals surface area contributed by atoms with E-state index in [9.17, 15) is 13.6 Å². The first-order valence-electron chi connectivity index (χ1n) is 5.32. The average Bonchev–Trinajstić information content (AvgIpc) is 2.18. The summed E-state index contributed by atoms with van der Waals surface area (Å²) >= 11 is 0. The van der Waals surface area contributed by atoms with E-state index in [4.69, 9.17) is 0 Å². The van der Waals surface area contributed by atoms with Gasteiger partial charge in [-0.15, -0.1) is 0 Å². The molecule has 0 atom stereocenters. The standard InChI is InChI=1S/C12H15F2NO2/c1-8(2)7-11(16)15-9-3-5-10(6-4-9)17-12(13)14/h3-6,8,12H,7H2,1-2H3,(H,15,16). The van der Waals surface area contributed by atoms with Crippen molar-refractivity contribution in [1.82, 2.24) is 0 Å². The van der Waals surface area contributed by atoms with E-state index >= 15 is 0 Å². The van der Waals surface area contributed by atoms with Gasteiger partial charge in [0.2, 0.25) is 5.91 Å². The SMILES string of the molecule is CC(C)CC(=O)Nc1ccc(OC(F)F)cc1. The summed E-state index contributed by atoms with van der Waals surface area (Å²) in [5.74, 6) is 0.251. The number of nitrogens with one attached hydrogen (secondary N) is 1. The number of amides is 1. The Morgan fingerprint density at radius 2 is 1.88 bits per heavy atom. The van der Waals surface area contributed by atoms with Gasteiger partial charge in [-0.3, -0.25) is 4.79 Å². The zero-order chi connectivity index (χ0) is 12.8. The fraction of sp³-hybridized carbons (Fsp3) is 0.417. The predicted molar refractivity (Wildman–Crippen MR) is 61.2 cm³/mol. The maximum Gasteiger partial charge on any atom is 0.387 e. The molecule has 1 aromatic carbocycles. The highest BCUT2D eigenvalue weighted by Gasteiger charge is 2.06. The second-order valence-electron chi connectivity index (χ2n) is 4.05. The molecule has 0 radical (unpaired) electrons. The van der Waals surface area contributed by atoms with Gasteiger partial charge >= 0.3 is 6.61 Å². The molecular formula is C12H15F2NO2. The Balaban J connectivity index is 2.53. The summed E-state index contributed by atoms with van der Waals surface area (Å²) in [5, 5.41) is 2.67. The normalized spacial score (nSPS) is 10.7. The molecule has 0 bridgehead atoms. The van der Waals surface area contributed by atoms with Crippen molar-refractivity contribution in [2.75, 3.05) is 5.32 Å². The number of benzene rings is 1. The molecule has 5 heteroatoms. The van der Waals surface area contributed by atoms with Gasteiger partial charge in [-0.1, -0.05) is 13.8 Å². The van der Waals surface area contributed by atoms with Crippen molar-refractivity contribution in [3.63, 3.8) is 0 Å². The lowest BCUT2D eigenvalue weighted by Crippen LogP contribution is -2.13. The maximum absolute atomic E-state index is 11.9. The van der Waals surface area contributed by atoms with Gasteiger partial charge in [0.1, 0.15) is 5.75 Å².